The standard InChI is InChI=1S/C9H17N3/c1-8(2)12-5-4-11(7-10)6-9(12)3/h8-9H,4-6H2,1-3H3. The van der Waals surface area contributed by atoms with Crippen LogP contribution in [0.1, 0.15) is 20.8 Å². The highest BCUT2D eigenvalue weighted by Crippen LogP contribution is 2.11. The van der Waals surface area contributed by atoms with Crippen LogP contribution in [0, 0.1) is 11.5 Å². The first-order valence-electron chi connectivity index (χ1n) is 4.55. The fourth-order valence-electron chi connectivity index (χ4n) is 1.83. The maximum absolute atomic E-state index is 8.69. The molecule has 0 aliphatic carbocycles. The average molecular weight is 167 g/mol. The van der Waals surface area contributed by atoms with Crippen molar-refractivity contribution in [2.24, 2.45) is 0 Å². The Morgan fingerprint density at radius 2 is 2.08 bits per heavy atom. The monoisotopic (exact) mass is 167 g/mol. The number of hydrogen-bond donors (Lipinski definition) is 0. The second-order valence-corrected chi connectivity index (χ2v) is 3.73. The first-order valence-corrected chi connectivity index (χ1v) is 4.55. The van der Waals surface area contributed by atoms with Crippen LogP contribution in [0.25, 0.3) is 0 Å². The maximum atomic E-state index is 8.69. The molecule has 1 aliphatic rings. The van der Waals surface area contributed by atoms with Gasteiger partial charge in [-0.1, -0.05) is 0 Å². The number of piperazine rings is 1. The summed E-state index contributed by atoms with van der Waals surface area (Å²) in [4.78, 5) is 4.28. The zero-order chi connectivity index (χ0) is 9.14. The zero-order valence-electron chi connectivity index (χ0n) is 8.12. The Kier molecular flexibility index (Phi) is 2.93. The summed E-state index contributed by atoms with van der Waals surface area (Å²) in [6.45, 7) is 9.39. The summed E-state index contributed by atoms with van der Waals surface area (Å²) < 4.78 is 0. The van der Waals surface area contributed by atoms with Gasteiger partial charge in [-0.15, -0.1) is 0 Å². The van der Waals surface area contributed by atoms with Gasteiger partial charge >= 0.3 is 0 Å². The topological polar surface area (TPSA) is 30.3 Å². The second-order valence-electron chi connectivity index (χ2n) is 3.73. The molecule has 1 heterocycles. The van der Waals surface area contributed by atoms with Gasteiger partial charge in [0.05, 0.1) is 0 Å². The smallest absolute Gasteiger partial charge is 0.179 e. The molecule has 1 aliphatic heterocycles. The van der Waals surface area contributed by atoms with Crippen molar-refractivity contribution in [3.05, 3.63) is 0 Å². The molecule has 0 spiro atoms. The number of hydrogen-bond acceptors (Lipinski definition) is 3. The van der Waals surface area contributed by atoms with E-state index in [0.717, 1.165) is 19.6 Å². The summed E-state index contributed by atoms with van der Waals surface area (Å²) in [5, 5.41) is 8.69. The highest BCUT2D eigenvalue weighted by atomic mass is 15.3. The Morgan fingerprint density at radius 1 is 1.42 bits per heavy atom. The first kappa shape index (κ1) is 9.34. The second kappa shape index (κ2) is 3.77. The Bertz CT molecular complexity index is 183. The first-order chi connectivity index (χ1) is 5.65. The van der Waals surface area contributed by atoms with Gasteiger partial charge < -0.3 is 4.90 Å². The molecule has 0 amide bonds. The van der Waals surface area contributed by atoms with Crippen LogP contribution in [-0.2, 0) is 0 Å². The van der Waals surface area contributed by atoms with E-state index in [1.165, 1.54) is 0 Å². The molecule has 1 rings (SSSR count). The van der Waals surface area contributed by atoms with E-state index in [2.05, 4.69) is 31.9 Å². The van der Waals surface area contributed by atoms with Crippen LogP contribution in [-0.4, -0.2) is 41.5 Å². The SMILES string of the molecule is CC(C)N1CCN(C#N)CC1C. The molecule has 1 atom stereocenters. The van der Waals surface area contributed by atoms with Crippen LogP contribution in [0.3, 0.4) is 0 Å². The fraction of sp³-hybridized carbons (Fsp3) is 0.889. The molecule has 68 valence electrons. The largest absolute Gasteiger partial charge is 0.308 e. The van der Waals surface area contributed by atoms with Crippen molar-refractivity contribution in [3.63, 3.8) is 0 Å². The third-order valence-electron chi connectivity index (χ3n) is 2.48. The predicted octanol–water partition coefficient (Wildman–Crippen LogP) is 0.882. The quantitative estimate of drug-likeness (QED) is 0.543. The van der Waals surface area contributed by atoms with E-state index >= 15 is 0 Å². The van der Waals surface area contributed by atoms with Gasteiger partial charge in [0, 0.05) is 31.7 Å². The summed E-state index contributed by atoms with van der Waals surface area (Å²) in [7, 11) is 0. The lowest BCUT2D eigenvalue weighted by molar-refractivity contribution is 0.0875. The molecule has 0 radical (unpaired) electrons. The van der Waals surface area contributed by atoms with Gasteiger partial charge in [-0.05, 0) is 20.8 Å². The Labute approximate surface area is 74.6 Å². The lowest BCUT2D eigenvalue weighted by Crippen LogP contribution is -2.52. The van der Waals surface area contributed by atoms with E-state index in [0.29, 0.717) is 12.1 Å². The summed E-state index contributed by atoms with van der Waals surface area (Å²) in [5.74, 6) is 0. The predicted molar refractivity (Wildman–Crippen MR) is 48.5 cm³/mol. The Hall–Kier alpha value is -0.750. The van der Waals surface area contributed by atoms with Gasteiger partial charge in [-0.2, -0.15) is 5.26 Å². The van der Waals surface area contributed by atoms with Crippen molar-refractivity contribution in [1.29, 1.82) is 5.26 Å². The van der Waals surface area contributed by atoms with Gasteiger partial charge in [-0.3, -0.25) is 4.90 Å². The van der Waals surface area contributed by atoms with Crippen molar-refractivity contribution < 1.29 is 0 Å². The van der Waals surface area contributed by atoms with Crippen molar-refractivity contribution >= 4 is 0 Å². The number of rotatable bonds is 1. The van der Waals surface area contributed by atoms with Crippen LogP contribution in [0.15, 0.2) is 0 Å². The maximum Gasteiger partial charge on any atom is 0.179 e. The molecule has 1 saturated heterocycles. The lowest BCUT2D eigenvalue weighted by atomic mass is 10.1. The highest BCUT2D eigenvalue weighted by molar-refractivity contribution is 4.86. The van der Waals surface area contributed by atoms with Crippen molar-refractivity contribution in [1.82, 2.24) is 9.80 Å². The van der Waals surface area contributed by atoms with Crippen LogP contribution in [0.4, 0.5) is 0 Å². The molecule has 0 aromatic rings. The number of nitriles is 1. The van der Waals surface area contributed by atoms with E-state index in [4.69, 9.17) is 5.26 Å². The molecule has 1 fully saturated rings. The fourth-order valence-corrected chi connectivity index (χ4v) is 1.83. The van der Waals surface area contributed by atoms with E-state index in [-0.39, 0.29) is 0 Å². The summed E-state index contributed by atoms with van der Waals surface area (Å²) >= 11 is 0. The molecule has 3 nitrogen and oxygen atoms in total. The van der Waals surface area contributed by atoms with Gasteiger partial charge in [0.1, 0.15) is 0 Å². The highest BCUT2D eigenvalue weighted by Gasteiger charge is 2.24. The van der Waals surface area contributed by atoms with Gasteiger partial charge in [0.2, 0.25) is 0 Å². The zero-order valence-corrected chi connectivity index (χ0v) is 8.12. The van der Waals surface area contributed by atoms with Crippen LogP contribution >= 0.6 is 0 Å². The Morgan fingerprint density at radius 3 is 2.50 bits per heavy atom. The van der Waals surface area contributed by atoms with Crippen molar-refractivity contribution in [3.8, 4) is 6.19 Å². The molecular formula is C9H17N3. The van der Waals surface area contributed by atoms with E-state index in [1.807, 2.05) is 4.90 Å². The normalized spacial score (nSPS) is 25.9. The van der Waals surface area contributed by atoms with Gasteiger partial charge in [0.25, 0.3) is 0 Å². The molecule has 0 aromatic carbocycles. The molecule has 12 heavy (non-hydrogen) atoms. The van der Waals surface area contributed by atoms with E-state index in [1.54, 1.807) is 0 Å². The average Bonchev–Trinajstić information content (AvgIpc) is 2.03. The summed E-state index contributed by atoms with van der Waals surface area (Å²) in [6, 6.07) is 1.11. The molecule has 1 unspecified atom stereocenters. The third-order valence-corrected chi connectivity index (χ3v) is 2.48. The van der Waals surface area contributed by atoms with Gasteiger partial charge in [0.15, 0.2) is 6.19 Å². The van der Waals surface area contributed by atoms with Crippen molar-refractivity contribution in [2.45, 2.75) is 32.9 Å². The minimum absolute atomic E-state index is 0.512. The van der Waals surface area contributed by atoms with Gasteiger partial charge in [-0.25, -0.2) is 0 Å². The minimum atomic E-state index is 0.512. The Balaban J connectivity index is 2.49. The van der Waals surface area contributed by atoms with E-state index < -0.39 is 0 Å². The van der Waals surface area contributed by atoms with Crippen LogP contribution < -0.4 is 0 Å². The molecule has 0 N–H and O–H groups in total. The molecule has 0 bridgehead atoms. The lowest BCUT2D eigenvalue weighted by Gasteiger charge is -2.39. The van der Waals surface area contributed by atoms with Crippen LogP contribution in [0.5, 0.6) is 0 Å². The minimum Gasteiger partial charge on any atom is -0.308 e. The number of nitrogens with zero attached hydrogens (tertiary/aromatic N) is 3. The molecule has 0 saturated carbocycles. The molecule has 0 aromatic heterocycles. The third kappa shape index (κ3) is 1.89. The molecule has 3 heteroatoms. The molecular weight excluding hydrogens is 150 g/mol. The van der Waals surface area contributed by atoms with Crippen molar-refractivity contribution in [2.75, 3.05) is 19.6 Å². The van der Waals surface area contributed by atoms with E-state index in [9.17, 15) is 0 Å². The summed E-state index contributed by atoms with van der Waals surface area (Å²) in [5.41, 5.74) is 0. The van der Waals surface area contributed by atoms with Crippen LogP contribution in [0.2, 0.25) is 0 Å². The summed E-state index contributed by atoms with van der Waals surface area (Å²) in [6.07, 6.45) is 2.20.